The highest BCUT2D eigenvalue weighted by atomic mass is 32.2. The fourth-order valence-corrected chi connectivity index (χ4v) is 4.19. The third-order valence-electron chi connectivity index (χ3n) is 3.51. The van der Waals surface area contributed by atoms with Crippen molar-refractivity contribution in [3.63, 3.8) is 0 Å². The number of benzene rings is 2. The van der Waals surface area contributed by atoms with Crippen molar-refractivity contribution in [3.8, 4) is 0 Å². The van der Waals surface area contributed by atoms with Gasteiger partial charge in [0.2, 0.25) is 0 Å². The first-order valence-corrected chi connectivity index (χ1v) is 8.54. The fraction of sp³-hybridized carbons (Fsp3) is 0.200. The third kappa shape index (κ3) is 3.74. The summed E-state index contributed by atoms with van der Waals surface area (Å²) in [5.74, 6) is 0. The zero-order valence-corrected chi connectivity index (χ0v) is 14.5. The van der Waals surface area contributed by atoms with E-state index in [1.165, 1.54) is 0 Å². The van der Waals surface area contributed by atoms with E-state index in [0.29, 0.717) is 17.2 Å². The first-order valence-electron chi connectivity index (χ1n) is 7.06. The maximum Gasteiger partial charge on any atom is 0.300 e. The van der Waals surface area contributed by atoms with Crippen LogP contribution < -0.4 is 4.72 Å². The standard InChI is InChI=1S/C15H15N3O6S/c1-9-6-10(2)15(11(3)7-9)25(23,24)16-13-5-4-12(17(19)20)8-14(13)18(21)22/h4-8,16H,1-3H3. The number of aryl methyl sites for hydroxylation is 3. The molecule has 0 bridgehead atoms. The molecule has 0 spiro atoms. The number of hydrogen-bond acceptors (Lipinski definition) is 6. The van der Waals surface area contributed by atoms with Gasteiger partial charge < -0.3 is 0 Å². The Kier molecular flexibility index (Phi) is 4.75. The summed E-state index contributed by atoms with van der Waals surface area (Å²) in [6.45, 7) is 5.07. The van der Waals surface area contributed by atoms with Crippen molar-refractivity contribution >= 4 is 27.1 Å². The third-order valence-corrected chi connectivity index (χ3v) is 5.18. The van der Waals surface area contributed by atoms with E-state index in [9.17, 15) is 28.6 Å². The van der Waals surface area contributed by atoms with Gasteiger partial charge in [0, 0.05) is 6.07 Å². The lowest BCUT2D eigenvalue weighted by atomic mass is 10.1. The Bertz CT molecular complexity index is 962. The van der Waals surface area contributed by atoms with Crippen molar-refractivity contribution in [1.29, 1.82) is 0 Å². The number of non-ortho nitro benzene ring substituents is 1. The van der Waals surface area contributed by atoms with Crippen LogP contribution in [0.4, 0.5) is 17.1 Å². The van der Waals surface area contributed by atoms with Gasteiger partial charge in [0.15, 0.2) is 0 Å². The van der Waals surface area contributed by atoms with Crippen LogP contribution in [0.15, 0.2) is 35.2 Å². The van der Waals surface area contributed by atoms with E-state index in [1.54, 1.807) is 26.0 Å². The minimum atomic E-state index is -4.10. The van der Waals surface area contributed by atoms with Crippen LogP contribution in [0.5, 0.6) is 0 Å². The zero-order chi connectivity index (χ0) is 18.9. The quantitative estimate of drug-likeness (QED) is 0.639. The summed E-state index contributed by atoms with van der Waals surface area (Å²) >= 11 is 0. The van der Waals surface area contributed by atoms with Crippen molar-refractivity contribution < 1.29 is 18.3 Å². The van der Waals surface area contributed by atoms with Crippen molar-refractivity contribution in [2.75, 3.05) is 4.72 Å². The van der Waals surface area contributed by atoms with E-state index in [0.717, 1.165) is 17.7 Å². The minimum absolute atomic E-state index is 0.0192. The maximum atomic E-state index is 12.7. The Morgan fingerprint density at radius 2 is 1.48 bits per heavy atom. The average Bonchev–Trinajstić information content (AvgIpc) is 2.44. The molecule has 2 rings (SSSR count). The molecule has 0 unspecified atom stereocenters. The van der Waals surface area contributed by atoms with Crippen molar-refractivity contribution in [1.82, 2.24) is 0 Å². The van der Waals surface area contributed by atoms with Crippen molar-refractivity contribution in [3.05, 3.63) is 67.3 Å². The summed E-state index contributed by atoms with van der Waals surface area (Å²) in [7, 11) is -4.10. The molecule has 0 saturated heterocycles. The van der Waals surface area contributed by atoms with Gasteiger partial charge in [0.1, 0.15) is 5.69 Å². The molecule has 0 aromatic heterocycles. The van der Waals surface area contributed by atoms with E-state index >= 15 is 0 Å². The van der Waals surface area contributed by atoms with E-state index in [-0.39, 0.29) is 10.6 Å². The molecule has 0 fully saturated rings. The first-order chi connectivity index (χ1) is 11.5. The van der Waals surface area contributed by atoms with E-state index in [1.807, 2.05) is 6.92 Å². The molecule has 0 heterocycles. The molecular formula is C15H15N3O6S. The smallest absolute Gasteiger partial charge is 0.273 e. The molecule has 0 radical (unpaired) electrons. The number of anilines is 1. The Morgan fingerprint density at radius 1 is 0.920 bits per heavy atom. The number of nitro groups is 2. The molecule has 0 aliphatic carbocycles. The van der Waals surface area contributed by atoms with Crippen molar-refractivity contribution in [2.24, 2.45) is 0 Å². The SMILES string of the molecule is Cc1cc(C)c(S(=O)(=O)Nc2ccc([N+](=O)[O-])cc2[N+](=O)[O-])c(C)c1. The first kappa shape index (κ1) is 18.3. The second-order valence-electron chi connectivity index (χ2n) is 5.55. The Balaban J connectivity index is 2.56. The van der Waals surface area contributed by atoms with Crippen LogP contribution >= 0.6 is 0 Å². The predicted molar refractivity (Wildman–Crippen MR) is 91.2 cm³/mol. The van der Waals surface area contributed by atoms with Gasteiger partial charge in [-0.15, -0.1) is 0 Å². The van der Waals surface area contributed by atoms with Crippen LogP contribution in [0, 0.1) is 41.0 Å². The van der Waals surface area contributed by atoms with Gasteiger partial charge in [-0.2, -0.15) is 0 Å². The van der Waals surface area contributed by atoms with E-state index in [2.05, 4.69) is 4.72 Å². The zero-order valence-electron chi connectivity index (χ0n) is 13.6. The van der Waals surface area contributed by atoms with Crippen LogP contribution in [-0.4, -0.2) is 18.3 Å². The second-order valence-corrected chi connectivity index (χ2v) is 7.17. The second kappa shape index (κ2) is 6.48. The Morgan fingerprint density at radius 3 is 1.96 bits per heavy atom. The lowest BCUT2D eigenvalue weighted by molar-refractivity contribution is -0.393. The number of nitrogens with one attached hydrogen (secondary N) is 1. The number of sulfonamides is 1. The maximum absolute atomic E-state index is 12.7. The predicted octanol–water partition coefficient (Wildman–Crippen LogP) is 3.23. The molecule has 2 aromatic rings. The van der Waals surface area contributed by atoms with Crippen molar-refractivity contribution in [2.45, 2.75) is 25.7 Å². The summed E-state index contributed by atoms with van der Waals surface area (Å²) in [4.78, 5) is 20.3. The molecule has 0 atom stereocenters. The van der Waals surface area contributed by atoms with Crippen LogP contribution in [0.25, 0.3) is 0 Å². The molecule has 0 aliphatic heterocycles. The molecule has 25 heavy (non-hydrogen) atoms. The van der Waals surface area contributed by atoms with Gasteiger partial charge in [-0.3, -0.25) is 25.0 Å². The minimum Gasteiger partial charge on any atom is -0.273 e. The number of rotatable bonds is 5. The Hall–Kier alpha value is -3.01. The molecule has 132 valence electrons. The van der Waals surface area contributed by atoms with Gasteiger partial charge in [-0.25, -0.2) is 8.42 Å². The number of hydrogen-bond donors (Lipinski definition) is 1. The highest BCUT2D eigenvalue weighted by Crippen LogP contribution is 2.32. The lowest BCUT2D eigenvalue weighted by Gasteiger charge is -2.14. The highest BCUT2D eigenvalue weighted by Gasteiger charge is 2.26. The summed E-state index contributed by atoms with van der Waals surface area (Å²) in [5.41, 5.74) is 0.340. The fourth-order valence-electron chi connectivity index (χ4n) is 2.66. The lowest BCUT2D eigenvalue weighted by Crippen LogP contribution is -2.17. The molecular weight excluding hydrogens is 350 g/mol. The van der Waals surface area contributed by atoms with Gasteiger partial charge in [-0.05, 0) is 38.0 Å². The van der Waals surface area contributed by atoms with Gasteiger partial charge in [0.05, 0.1) is 20.8 Å². The van der Waals surface area contributed by atoms with Crippen LogP contribution in [0.2, 0.25) is 0 Å². The van der Waals surface area contributed by atoms with E-state index in [4.69, 9.17) is 0 Å². The van der Waals surface area contributed by atoms with Crippen LogP contribution in [0.3, 0.4) is 0 Å². The van der Waals surface area contributed by atoms with Gasteiger partial charge in [0.25, 0.3) is 21.4 Å². The largest absolute Gasteiger partial charge is 0.300 e. The summed E-state index contributed by atoms with van der Waals surface area (Å²) in [6, 6.07) is 6.09. The topological polar surface area (TPSA) is 132 Å². The average molecular weight is 365 g/mol. The highest BCUT2D eigenvalue weighted by molar-refractivity contribution is 7.92. The van der Waals surface area contributed by atoms with Gasteiger partial charge in [-0.1, -0.05) is 17.7 Å². The van der Waals surface area contributed by atoms with E-state index < -0.39 is 31.2 Å². The molecule has 0 aliphatic rings. The number of nitrogens with zero attached hydrogens (tertiary/aromatic N) is 2. The molecule has 0 saturated carbocycles. The summed E-state index contributed by atoms with van der Waals surface area (Å²) in [6.07, 6.45) is 0. The van der Waals surface area contributed by atoms with Crippen LogP contribution in [0.1, 0.15) is 16.7 Å². The molecule has 2 aromatic carbocycles. The summed E-state index contributed by atoms with van der Waals surface area (Å²) < 4.78 is 27.5. The molecule has 10 heteroatoms. The molecule has 9 nitrogen and oxygen atoms in total. The molecule has 1 N–H and O–H groups in total. The normalized spacial score (nSPS) is 11.2. The Labute approximate surface area is 143 Å². The van der Waals surface area contributed by atoms with Gasteiger partial charge >= 0.3 is 0 Å². The van der Waals surface area contributed by atoms with Crippen LogP contribution in [-0.2, 0) is 10.0 Å². The summed E-state index contributed by atoms with van der Waals surface area (Å²) in [5, 5.41) is 21.9. The molecule has 0 amide bonds. The monoisotopic (exact) mass is 365 g/mol. The number of nitro benzene ring substituents is 2.